The van der Waals surface area contributed by atoms with Crippen molar-refractivity contribution >= 4 is 42.3 Å². The first kappa shape index (κ1) is 31.5. The van der Waals surface area contributed by atoms with E-state index in [4.69, 9.17) is 17.2 Å². The average molecular weight is 540 g/mol. The molecule has 14 heteroatoms. The molecule has 0 saturated carbocycles. The van der Waals surface area contributed by atoms with E-state index in [0.29, 0.717) is 12.0 Å². The minimum absolute atomic E-state index is 0.0742. The van der Waals surface area contributed by atoms with E-state index in [1.807, 2.05) is 0 Å². The Morgan fingerprint density at radius 1 is 0.973 bits per heavy atom. The Kier molecular flexibility index (Phi) is 13.3. The van der Waals surface area contributed by atoms with Gasteiger partial charge in [0.1, 0.15) is 23.9 Å². The maximum Gasteiger partial charge on any atom is 0.326 e. The SMILES string of the molecule is CC(C)C(NC(=O)C(CS)NC(=O)C(CCCN=C(N)N)NC(=O)C(N)Cc1ccc(O)cc1)C(=O)O. The van der Waals surface area contributed by atoms with Crippen LogP contribution < -0.4 is 33.2 Å². The van der Waals surface area contributed by atoms with Crippen LogP contribution >= 0.6 is 12.6 Å². The first-order valence-corrected chi connectivity index (χ1v) is 12.3. The number of carbonyl (C=O) groups is 4. The van der Waals surface area contributed by atoms with Crippen LogP contribution in [0.15, 0.2) is 29.3 Å². The van der Waals surface area contributed by atoms with Gasteiger partial charge in [-0.05, 0) is 42.9 Å². The number of thiol groups is 1. The second-order valence-electron chi connectivity index (χ2n) is 8.80. The van der Waals surface area contributed by atoms with E-state index in [0.717, 1.165) is 0 Å². The van der Waals surface area contributed by atoms with Gasteiger partial charge < -0.3 is 43.4 Å². The molecule has 0 aliphatic carbocycles. The van der Waals surface area contributed by atoms with Crippen molar-refractivity contribution in [3.8, 4) is 5.75 Å². The fraction of sp³-hybridized carbons (Fsp3) is 0.522. The lowest BCUT2D eigenvalue weighted by molar-refractivity contribution is -0.143. The highest BCUT2D eigenvalue weighted by Gasteiger charge is 2.30. The summed E-state index contributed by atoms with van der Waals surface area (Å²) in [5.41, 5.74) is 17.4. The first-order chi connectivity index (χ1) is 17.3. The molecule has 0 fully saturated rings. The van der Waals surface area contributed by atoms with E-state index < -0.39 is 53.8 Å². The van der Waals surface area contributed by atoms with Gasteiger partial charge in [0.15, 0.2) is 5.96 Å². The number of hydrogen-bond acceptors (Lipinski definition) is 8. The molecule has 0 aliphatic rings. The maximum absolute atomic E-state index is 13.0. The lowest BCUT2D eigenvalue weighted by atomic mass is 10.0. The van der Waals surface area contributed by atoms with E-state index in [9.17, 15) is 29.4 Å². The van der Waals surface area contributed by atoms with Crippen LogP contribution in [0.1, 0.15) is 32.3 Å². The molecular formula is C23H37N7O6S. The van der Waals surface area contributed by atoms with Crippen LogP contribution in [-0.2, 0) is 25.6 Å². The van der Waals surface area contributed by atoms with Crippen LogP contribution in [0.4, 0.5) is 0 Å². The molecule has 11 N–H and O–H groups in total. The van der Waals surface area contributed by atoms with Crippen LogP contribution in [-0.4, -0.2) is 76.3 Å². The van der Waals surface area contributed by atoms with E-state index in [-0.39, 0.29) is 36.8 Å². The minimum Gasteiger partial charge on any atom is -0.508 e. The minimum atomic E-state index is -1.21. The van der Waals surface area contributed by atoms with Crippen LogP contribution in [0.25, 0.3) is 0 Å². The molecule has 1 rings (SSSR count). The zero-order valence-electron chi connectivity index (χ0n) is 20.9. The van der Waals surface area contributed by atoms with Gasteiger partial charge in [0, 0.05) is 12.3 Å². The number of carbonyl (C=O) groups excluding carboxylic acids is 3. The molecule has 0 saturated heterocycles. The first-order valence-electron chi connectivity index (χ1n) is 11.7. The number of nitrogens with one attached hydrogen (secondary N) is 3. The highest BCUT2D eigenvalue weighted by atomic mass is 32.1. The summed E-state index contributed by atoms with van der Waals surface area (Å²) in [6.45, 7) is 3.47. The van der Waals surface area contributed by atoms with Gasteiger partial charge in [-0.3, -0.25) is 19.4 Å². The van der Waals surface area contributed by atoms with Crippen molar-refractivity contribution in [2.75, 3.05) is 12.3 Å². The van der Waals surface area contributed by atoms with Gasteiger partial charge in [-0.1, -0.05) is 26.0 Å². The van der Waals surface area contributed by atoms with Gasteiger partial charge in [-0.15, -0.1) is 0 Å². The quantitative estimate of drug-likeness (QED) is 0.0541. The normalized spacial score (nSPS) is 14.1. The monoisotopic (exact) mass is 539 g/mol. The number of phenolic OH excluding ortho intramolecular Hbond substituents is 1. The molecule has 0 aromatic heterocycles. The zero-order chi connectivity index (χ0) is 28.1. The van der Waals surface area contributed by atoms with Crippen molar-refractivity contribution in [2.24, 2.45) is 28.1 Å². The molecule has 4 unspecified atom stereocenters. The molecule has 0 radical (unpaired) electrons. The number of aromatic hydroxyl groups is 1. The van der Waals surface area contributed by atoms with Crippen molar-refractivity contribution < 1.29 is 29.4 Å². The summed E-state index contributed by atoms with van der Waals surface area (Å²) < 4.78 is 0. The number of carboxylic acids is 1. The Hall–Kier alpha value is -3.52. The number of hydrogen-bond donors (Lipinski definition) is 9. The number of aliphatic carboxylic acids is 1. The molecule has 1 aromatic rings. The van der Waals surface area contributed by atoms with E-state index in [1.165, 1.54) is 12.1 Å². The Balaban J connectivity index is 2.93. The van der Waals surface area contributed by atoms with E-state index in [2.05, 4.69) is 33.6 Å². The lowest BCUT2D eigenvalue weighted by Crippen LogP contribution is -2.58. The summed E-state index contributed by atoms with van der Waals surface area (Å²) in [5.74, 6) is -3.77. The largest absolute Gasteiger partial charge is 0.508 e. The van der Waals surface area contributed by atoms with Gasteiger partial charge in [-0.2, -0.15) is 12.6 Å². The zero-order valence-corrected chi connectivity index (χ0v) is 21.8. The van der Waals surface area contributed by atoms with E-state index in [1.54, 1.807) is 26.0 Å². The summed E-state index contributed by atoms with van der Waals surface area (Å²) in [6.07, 6.45) is 0.614. The number of benzene rings is 1. The molecule has 0 spiro atoms. The van der Waals surface area contributed by atoms with Crippen molar-refractivity contribution in [2.45, 2.75) is 57.3 Å². The number of amides is 3. The Labute approximate surface area is 221 Å². The number of guanidine groups is 1. The van der Waals surface area contributed by atoms with Crippen LogP contribution in [0, 0.1) is 5.92 Å². The molecule has 0 heterocycles. The van der Waals surface area contributed by atoms with Crippen molar-refractivity contribution in [1.82, 2.24) is 16.0 Å². The van der Waals surface area contributed by atoms with Crippen LogP contribution in [0.3, 0.4) is 0 Å². The molecule has 0 aliphatic heterocycles. The fourth-order valence-electron chi connectivity index (χ4n) is 3.26. The molecule has 4 atom stereocenters. The average Bonchev–Trinajstić information content (AvgIpc) is 2.83. The number of aliphatic imine (C=N–C) groups is 1. The predicted octanol–water partition coefficient (Wildman–Crippen LogP) is -1.56. The smallest absolute Gasteiger partial charge is 0.326 e. The van der Waals surface area contributed by atoms with Crippen molar-refractivity contribution in [3.63, 3.8) is 0 Å². The van der Waals surface area contributed by atoms with Gasteiger partial charge in [0.2, 0.25) is 17.7 Å². The Morgan fingerprint density at radius 3 is 2.05 bits per heavy atom. The third-order valence-electron chi connectivity index (χ3n) is 5.35. The summed E-state index contributed by atoms with van der Waals surface area (Å²) >= 11 is 4.10. The van der Waals surface area contributed by atoms with Gasteiger partial charge >= 0.3 is 5.97 Å². The van der Waals surface area contributed by atoms with E-state index >= 15 is 0 Å². The van der Waals surface area contributed by atoms with Crippen LogP contribution in [0.5, 0.6) is 5.75 Å². The number of rotatable bonds is 15. The topological polar surface area (TPSA) is 235 Å². The molecule has 0 bridgehead atoms. The van der Waals surface area contributed by atoms with Gasteiger partial charge in [-0.25, -0.2) is 4.79 Å². The summed E-state index contributed by atoms with van der Waals surface area (Å²) in [4.78, 5) is 53.7. The summed E-state index contributed by atoms with van der Waals surface area (Å²) in [6, 6.07) is 1.80. The molecule has 3 amide bonds. The fourth-order valence-corrected chi connectivity index (χ4v) is 3.52. The third-order valence-corrected chi connectivity index (χ3v) is 5.72. The Morgan fingerprint density at radius 2 is 1.54 bits per heavy atom. The predicted molar refractivity (Wildman–Crippen MR) is 142 cm³/mol. The number of nitrogens with zero attached hydrogens (tertiary/aromatic N) is 1. The van der Waals surface area contributed by atoms with Gasteiger partial charge in [0.05, 0.1) is 6.04 Å². The third kappa shape index (κ3) is 11.4. The second-order valence-corrected chi connectivity index (χ2v) is 9.16. The second kappa shape index (κ2) is 15.6. The molecule has 37 heavy (non-hydrogen) atoms. The molecule has 206 valence electrons. The standard InChI is InChI=1S/C23H37N7O6S/c1-12(2)18(22(35)36)30-21(34)17(11-37)29-20(33)16(4-3-9-27-23(25)26)28-19(32)15(24)10-13-5-7-14(31)8-6-13/h5-8,12,15-18,31,37H,3-4,9-11,24H2,1-2H3,(H,28,32)(H,29,33)(H,30,34)(H,35,36)(H4,25,26,27). The molecule has 13 nitrogen and oxygen atoms in total. The highest BCUT2D eigenvalue weighted by molar-refractivity contribution is 7.80. The van der Waals surface area contributed by atoms with Crippen molar-refractivity contribution in [1.29, 1.82) is 0 Å². The Bertz CT molecular complexity index is 953. The molecular weight excluding hydrogens is 502 g/mol. The lowest BCUT2D eigenvalue weighted by Gasteiger charge is -2.25. The van der Waals surface area contributed by atoms with Crippen molar-refractivity contribution in [3.05, 3.63) is 29.8 Å². The number of phenols is 1. The number of carboxylic acid groups (broad SMARTS) is 1. The maximum atomic E-state index is 13.0. The van der Waals surface area contributed by atoms with Gasteiger partial charge in [0.25, 0.3) is 0 Å². The highest BCUT2D eigenvalue weighted by Crippen LogP contribution is 2.11. The summed E-state index contributed by atoms with van der Waals surface area (Å²) in [7, 11) is 0. The van der Waals surface area contributed by atoms with Crippen LogP contribution in [0.2, 0.25) is 0 Å². The number of nitrogens with two attached hydrogens (primary N) is 3. The molecule has 1 aromatic carbocycles. The summed E-state index contributed by atoms with van der Waals surface area (Å²) in [5, 5.41) is 26.2.